The van der Waals surface area contributed by atoms with E-state index < -0.39 is 10.0 Å². The second kappa shape index (κ2) is 6.60. The summed E-state index contributed by atoms with van der Waals surface area (Å²) in [7, 11) is -3.40. The molecule has 1 amide bonds. The molecule has 7 nitrogen and oxygen atoms in total. The first-order valence-corrected chi connectivity index (χ1v) is 10.7. The average Bonchev–Trinajstić information content (AvgIpc) is 3.20. The summed E-state index contributed by atoms with van der Waals surface area (Å²) in [5, 5.41) is 0. The van der Waals surface area contributed by atoms with Crippen molar-refractivity contribution in [3.05, 3.63) is 35.9 Å². The lowest BCUT2D eigenvalue weighted by Crippen LogP contribution is -2.42. The Hall–Kier alpha value is -1.48. The number of primary amides is 1. The molecule has 0 saturated carbocycles. The Morgan fingerprint density at radius 2 is 2.12 bits per heavy atom. The summed E-state index contributed by atoms with van der Waals surface area (Å²) in [4.78, 5) is 13.3. The Morgan fingerprint density at radius 1 is 1.35 bits per heavy atom. The molecule has 0 aromatic heterocycles. The van der Waals surface area contributed by atoms with Crippen molar-refractivity contribution >= 4 is 15.9 Å². The van der Waals surface area contributed by atoms with E-state index in [1.807, 2.05) is 35.2 Å². The van der Waals surface area contributed by atoms with Gasteiger partial charge in [0.2, 0.25) is 15.9 Å². The normalized spacial score (nSPS) is 33.5. The largest absolute Gasteiger partial charge is 0.370 e. The lowest BCUT2D eigenvalue weighted by atomic mass is 9.74. The summed E-state index contributed by atoms with van der Waals surface area (Å²) >= 11 is 0. The number of carbonyl (C=O) groups excluding carboxylic acids is 1. The van der Waals surface area contributed by atoms with Crippen LogP contribution in [0.1, 0.15) is 18.4 Å². The molecule has 0 unspecified atom stereocenters. The average molecular weight is 379 g/mol. The predicted octanol–water partition coefficient (Wildman–Crippen LogP) is 0.0707. The zero-order chi connectivity index (χ0) is 18.4. The third-order valence-corrected chi connectivity index (χ3v) is 7.29. The first-order valence-electron chi connectivity index (χ1n) is 9.07. The lowest BCUT2D eigenvalue weighted by molar-refractivity contribution is -0.119. The van der Waals surface area contributed by atoms with E-state index in [2.05, 4.69) is 4.72 Å². The number of nitrogens with two attached hydrogens (primary N) is 1. The molecule has 2 bridgehead atoms. The van der Waals surface area contributed by atoms with Crippen molar-refractivity contribution in [3.8, 4) is 0 Å². The molecule has 0 aliphatic carbocycles. The van der Waals surface area contributed by atoms with Gasteiger partial charge >= 0.3 is 0 Å². The minimum Gasteiger partial charge on any atom is -0.370 e. The minimum atomic E-state index is -3.40. The van der Waals surface area contributed by atoms with E-state index in [0.29, 0.717) is 13.1 Å². The molecule has 4 rings (SSSR count). The highest BCUT2D eigenvalue weighted by Crippen LogP contribution is 2.54. The molecule has 1 aromatic rings. The van der Waals surface area contributed by atoms with E-state index in [4.69, 9.17) is 10.5 Å². The van der Waals surface area contributed by atoms with Crippen LogP contribution in [0.15, 0.2) is 30.3 Å². The van der Waals surface area contributed by atoms with E-state index in [9.17, 15) is 13.2 Å². The van der Waals surface area contributed by atoms with Crippen LogP contribution >= 0.6 is 0 Å². The number of likely N-dealkylation sites (tertiary alicyclic amines) is 1. The van der Waals surface area contributed by atoms with Gasteiger partial charge in [0.05, 0.1) is 24.0 Å². The van der Waals surface area contributed by atoms with E-state index in [1.54, 1.807) is 0 Å². The molecular formula is C18H25N3O4S. The maximum absolute atomic E-state index is 12.4. The second-order valence-corrected chi connectivity index (χ2v) is 9.57. The number of hydrogen-bond acceptors (Lipinski definition) is 5. The number of nitrogens with zero attached hydrogens (tertiary/aromatic N) is 1. The molecule has 8 heteroatoms. The molecule has 1 aromatic carbocycles. The zero-order valence-electron chi connectivity index (χ0n) is 14.6. The van der Waals surface area contributed by atoms with Crippen molar-refractivity contribution in [1.82, 2.24) is 9.62 Å². The molecule has 3 saturated heterocycles. The highest BCUT2D eigenvalue weighted by molar-refractivity contribution is 7.88. The van der Waals surface area contributed by atoms with Gasteiger partial charge in [-0.25, -0.2) is 13.1 Å². The van der Waals surface area contributed by atoms with Crippen LogP contribution < -0.4 is 10.5 Å². The van der Waals surface area contributed by atoms with Crippen LogP contribution in [0.2, 0.25) is 0 Å². The molecule has 26 heavy (non-hydrogen) atoms. The van der Waals surface area contributed by atoms with E-state index >= 15 is 0 Å². The van der Waals surface area contributed by atoms with Crippen LogP contribution in [-0.4, -0.2) is 57.1 Å². The van der Waals surface area contributed by atoms with Gasteiger partial charge in [-0.1, -0.05) is 30.3 Å². The minimum absolute atomic E-state index is 0.0182. The van der Waals surface area contributed by atoms with Crippen LogP contribution in [0, 0.1) is 11.8 Å². The molecule has 3 aliphatic heterocycles. The number of sulfonamides is 1. The van der Waals surface area contributed by atoms with Crippen molar-refractivity contribution in [3.63, 3.8) is 0 Å². The van der Waals surface area contributed by atoms with Gasteiger partial charge in [0.1, 0.15) is 0 Å². The number of nitrogens with one attached hydrogen (secondary N) is 1. The van der Waals surface area contributed by atoms with Crippen molar-refractivity contribution in [2.24, 2.45) is 17.6 Å². The number of hydrogen-bond donors (Lipinski definition) is 2. The highest BCUT2D eigenvalue weighted by atomic mass is 32.2. The number of amides is 1. The molecular weight excluding hydrogens is 354 g/mol. The van der Waals surface area contributed by atoms with Crippen molar-refractivity contribution < 1.29 is 17.9 Å². The van der Waals surface area contributed by atoms with Gasteiger partial charge in [0.15, 0.2) is 0 Å². The third kappa shape index (κ3) is 3.38. The fourth-order valence-corrected chi connectivity index (χ4v) is 6.15. The van der Waals surface area contributed by atoms with Gasteiger partial charge in [0, 0.05) is 31.5 Å². The summed E-state index contributed by atoms with van der Waals surface area (Å²) in [6.45, 7) is 2.07. The maximum Gasteiger partial charge on any atom is 0.231 e. The first-order chi connectivity index (χ1) is 12.4. The lowest BCUT2D eigenvalue weighted by Gasteiger charge is -2.29. The van der Waals surface area contributed by atoms with E-state index in [-0.39, 0.29) is 41.7 Å². The SMILES string of the molecule is NC(=O)CN1C[C@@H]2[C@H](CNS(=O)(=O)Cc3ccccc3)[C@H]3CC[C@]2(C1)O3. The zero-order valence-corrected chi connectivity index (χ0v) is 15.5. The van der Waals surface area contributed by atoms with Gasteiger partial charge in [0.25, 0.3) is 0 Å². The highest BCUT2D eigenvalue weighted by Gasteiger charge is 2.62. The summed E-state index contributed by atoms with van der Waals surface area (Å²) in [5.74, 6) is 0.0404. The van der Waals surface area contributed by atoms with Crippen molar-refractivity contribution in [2.45, 2.75) is 30.3 Å². The van der Waals surface area contributed by atoms with Gasteiger partial charge in [-0.15, -0.1) is 0 Å². The topological polar surface area (TPSA) is 102 Å². The maximum atomic E-state index is 12.4. The fourth-order valence-electron chi connectivity index (χ4n) is 4.97. The van der Waals surface area contributed by atoms with Crippen LogP contribution in [0.3, 0.4) is 0 Å². The summed E-state index contributed by atoms with van der Waals surface area (Å²) in [5.41, 5.74) is 5.87. The number of ether oxygens (including phenoxy) is 1. The molecule has 1 spiro atoms. The standard InChI is InChI=1S/C18H25N3O4S/c19-17(22)10-21-9-15-14(16-6-7-18(15,12-21)25-16)8-20-26(23,24)11-13-4-2-1-3-5-13/h1-5,14-16,20H,6-12H2,(H2,19,22)/t14-,15+,16+,18+/m0/s1. The quantitative estimate of drug-likeness (QED) is 0.698. The number of fused-ring (bicyclic) bond motifs is 1. The Balaban J connectivity index is 1.40. The smallest absolute Gasteiger partial charge is 0.231 e. The summed E-state index contributed by atoms with van der Waals surface area (Å²) in [6, 6.07) is 9.17. The van der Waals surface area contributed by atoms with Crippen LogP contribution in [0.5, 0.6) is 0 Å². The van der Waals surface area contributed by atoms with Gasteiger partial charge in [-0.05, 0) is 18.4 Å². The third-order valence-electron chi connectivity index (χ3n) is 5.97. The van der Waals surface area contributed by atoms with Crippen molar-refractivity contribution in [1.29, 1.82) is 0 Å². The number of benzene rings is 1. The summed E-state index contributed by atoms with van der Waals surface area (Å²) in [6.07, 6.45) is 2.03. The van der Waals surface area contributed by atoms with Gasteiger partial charge < -0.3 is 10.5 Å². The molecule has 4 atom stereocenters. The second-order valence-electron chi connectivity index (χ2n) is 7.76. The van der Waals surface area contributed by atoms with E-state index in [0.717, 1.165) is 24.9 Å². The molecule has 0 radical (unpaired) electrons. The Kier molecular flexibility index (Phi) is 4.54. The van der Waals surface area contributed by atoms with Crippen LogP contribution in [0.25, 0.3) is 0 Å². The Labute approximate surface area is 153 Å². The van der Waals surface area contributed by atoms with Gasteiger partial charge in [-0.3, -0.25) is 9.69 Å². The summed E-state index contributed by atoms with van der Waals surface area (Å²) < 4.78 is 33.9. The number of carbonyl (C=O) groups is 1. The molecule has 142 valence electrons. The molecule has 3 aliphatic rings. The monoisotopic (exact) mass is 379 g/mol. The van der Waals surface area contributed by atoms with Crippen LogP contribution in [0.4, 0.5) is 0 Å². The number of rotatable bonds is 7. The van der Waals surface area contributed by atoms with Gasteiger partial charge in [-0.2, -0.15) is 0 Å². The van der Waals surface area contributed by atoms with E-state index in [1.165, 1.54) is 0 Å². The fraction of sp³-hybridized carbons (Fsp3) is 0.611. The van der Waals surface area contributed by atoms with Crippen LogP contribution in [-0.2, 0) is 25.3 Å². The predicted molar refractivity (Wildman–Crippen MR) is 96.5 cm³/mol. The molecule has 3 fully saturated rings. The molecule has 3 N–H and O–H groups in total. The Morgan fingerprint density at radius 3 is 2.85 bits per heavy atom. The Bertz CT molecular complexity index is 785. The molecule has 3 heterocycles. The van der Waals surface area contributed by atoms with Crippen molar-refractivity contribution in [2.75, 3.05) is 26.2 Å². The first kappa shape index (κ1) is 17.9.